The molecular weight excluding hydrogens is 276 g/mol. The lowest BCUT2D eigenvalue weighted by molar-refractivity contribution is -0.121. The predicted octanol–water partition coefficient (Wildman–Crippen LogP) is 1.06. The molecule has 7 nitrogen and oxygen atoms in total. The maximum absolute atomic E-state index is 11.8. The number of hydrogen-bond donors (Lipinski definition) is 2. The molecule has 0 saturated carbocycles. The SMILES string of the molecule is CC(C)CNC(=O)Cn1c(=O)oc2ccc(C(=O)O)cc21. The fraction of sp³-hybridized carbons (Fsp3) is 0.357. The van der Waals surface area contributed by atoms with Crippen molar-refractivity contribution in [2.75, 3.05) is 6.54 Å². The van der Waals surface area contributed by atoms with E-state index in [1.54, 1.807) is 0 Å². The summed E-state index contributed by atoms with van der Waals surface area (Å²) in [6.45, 7) is 4.21. The number of nitrogens with one attached hydrogen (secondary N) is 1. The van der Waals surface area contributed by atoms with Crippen molar-refractivity contribution >= 4 is 23.0 Å². The van der Waals surface area contributed by atoms with Crippen molar-refractivity contribution in [1.29, 1.82) is 0 Å². The fourth-order valence-electron chi connectivity index (χ4n) is 1.86. The first-order chi connectivity index (χ1) is 9.88. The van der Waals surface area contributed by atoms with Crippen LogP contribution >= 0.6 is 0 Å². The summed E-state index contributed by atoms with van der Waals surface area (Å²) in [4.78, 5) is 34.5. The molecule has 21 heavy (non-hydrogen) atoms. The Bertz CT molecular complexity index is 741. The second-order valence-electron chi connectivity index (χ2n) is 5.14. The summed E-state index contributed by atoms with van der Waals surface area (Å²) in [6.07, 6.45) is 0. The first-order valence-corrected chi connectivity index (χ1v) is 6.52. The van der Waals surface area contributed by atoms with Gasteiger partial charge >= 0.3 is 11.7 Å². The van der Waals surface area contributed by atoms with Crippen molar-refractivity contribution in [3.05, 3.63) is 34.3 Å². The van der Waals surface area contributed by atoms with E-state index in [1.165, 1.54) is 18.2 Å². The van der Waals surface area contributed by atoms with Gasteiger partial charge in [0.1, 0.15) is 6.54 Å². The highest BCUT2D eigenvalue weighted by Gasteiger charge is 2.15. The smallest absolute Gasteiger partial charge is 0.420 e. The van der Waals surface area contributed by atoms with Crippen LogP contribution in [0.3, 0.4) is 0 Å². The number of hydrogen-bond acceptors (Lipinski definition) is 4. The molecule has 1 aromatic heterocycles. The summed E-state index contributed by atoms with van der Waals surface area (Å²) >= 11 is 0. The summed E-state index contributed by atoms with van der Waals surface area (Å²) in [6, 6.07) is 4.07. The first-order valence-electron chi connectivity index (χ1n) is 6.52. The van der Waals surface area contributed by atoms with E-state index < -0.39 is 11.7 Å². The largest absolute Gasteiger partial charge is 0.478 e. The third-order valence-electron chi connectivity index (χ3n) is 2.92. The third kappa shape index (κ3) is 3.31. The molecule has 7 heteroatoms. The molecule has 1 amide bonds. The topological polar surface area (TPSA) is 102 Å². The molecule has 0 bridgehead atoms. The van der Waals surface area contributed by atoms with Gasteiger partial charge in [-0.25, -0.2) is 9.59 Å². The van der Waals surface area contributed by atoms with Crippen molar-refractivity contribution in [2.24, 2.45) is 5.92 Å². The first kappa shape index (κ1) is 14.8. The van der Waals surface area contributed by atoms with Crippen LogP contribution < -0.4 is 11.1 Å². The van der Waals surface area contributed by atoms with Gasteiger partial charge in [-0.05, 0) is 24.1 Å². The van der Waals surface area contributed by atoms with Gasteiger partial charge in [0.05, 0.1) is 11.1 Å². The van der Waals surface area contributed by atoms with Gasteiger partial charge in [-0.1, -0.05) is 13.8 Å². The van der Waals surface area contributed by atoms with Crippen LogP contribution in [0, 0.1) is 5.92 Å². The van der Waals surface area contributed by atoms with Crippen LogP contribution in [0.2, 0.25) is 0 Å². The average molecular weight is 292 g/mol. The Kier molecular flexibility index (Phi) is 4.11. The molecular formula is C14H16N2O5. The van der Waals surface area contributed by atoms with Gasteiger partial charge in [0.2, 0.25) is 5.91 Å². The number of nitrogens with zero attached hydrogens (tertiary/aromatic N) is 1. The predicted molar refractivity (Wildman–Crippen MR) is 75.3 cm³/mol. The quantitative estimate of drug-likeness (QED) is 0.858. The Morgan fingerprint density at radius 3 is 2.71 bits per heavy atom. The van der Waals surface area contributed by atoms with Gasteiger partial charge in [-0.2, -0.15) is 0 Å². The molecule has 0 unspecified atom stereocenters. The number of carboxylic acids is 1. The van der Waals surface area contributed by atoms with Crippen LogP contribution in [-0.2, 0) is 11.3 Å². The highest BCUT2D eigenvalue weighted by molar-refractivity contribution is 5.92. The highest BCUT2D eigenvalue weighted by Crippen LogP contribution is 2.15. The van der Waals surface area contributed by atoms with E-state index in [1.807, 2.05) is 13.8 Å². The minimum atomic E-state index is -1.11. The van der Waals surface area contributed by atoms with Crippen LogP contribution in [0.15, 0.2) is 27.4 Å². The standard InChI is InChI=1S/C14H16N2O5/c1-8(2)6-15-12(17)7-16-10-5-9(13(18)19)3-4-11(10)21-14(16)20/h3-5,8H,6-7H2,1-2H3,(H,15,17)(H,18,19). The average Bonchev–Trinajstić information content (AvgIpc) is 2.72. The number of carboxylic acid groups (broad SMARTS) is 1. The van der Waals surface area contributed by atoms with Gasteiger partial charge in [-0.3, -0.25) is 9.36 Å². The second kappa shape index (κ2) is 5.82. The third-order valence-corrected chi connectivity index (χ3v) is 2.92. The van der Waals surface area contributed by atoms with E-state index in [0.29, 0.717) is 18.0 Å². The molecule has 0 aliphatic carbocycles. The van der Waals surface area contributed by atoms with Gasteiger partial charge in [0.15, 0.2) is 5.58 Å². The lowest BCUT2D eigenvalue weighted by Crippen LogP contribution is -2.33. The number of amides is 1. The Labute approximate surface area is 120 Å². The van der Waals surface area contributed by atoms with E-state index in [2.05, 4.69) is 5.32 Å². The van der Waals surface area contributed by atoms with Gasteiger partial charge in [0.25, 0.3) is 0 Å². The summed E-state index contributed by atoms with van der Waals surface area (Å²) in [5, 5.41) is 11.7. The summed E-state index contributed by atoms with van der Waals surface area (Å²) in [5.41, 5.74) is 0.570. The molecule has 1 heterocycles. The minimum Gasteiger partial charge on any atom is -0.478 e. The molecule has 0 aliphatic rings. The van der Waals surface area contributed by atoms with Gasteiger partial charge in [0, 0.05) is 6.54 Å². The van der Waals surface area contributed by atoms with Crippen LogP contribution in [0.25, 0.3) is 11.1 Å². The number of fused-ring (bicyclic) bond motifs is 1. The molecule has 0 fully saturated rings. The molecule has 2 N–H and O–H groups in total. The van der Waals surface area contributed by atoms with Gasteiger partial charge in [-0.15, -0.1) is 0 Å². The number of carbonyl (C=O) groups is 2. The highest BCUT2D eigenvalue weighted by atomic mass is 16.4. The Hall–Kier alpha value is -2.57. The molecule has 0 radical (unpaired) electrons. The van der Waals surface area contributed by atoms with Crippen LogP contribution in [-0.4, -0.2) is 28.1 Å². The monoisotopic (exact) mass is 292 g/mol. The summed E-state index contributed by atoms with van der Waals surface area (Å²) < 4.78 is 6.12. The number of benzene rings is 1. The molecule has 0 spiro atoms. The van der Waals surface area contributed by atoms with Crippen LogP contribution in [0.5, 0.6) is 0 Å². The second-order valence-corrected chi connectivity index (χ2v) is 5.14. The number of rotatable bonds is 5. The normalized spacial score (nSPS) is 11.0. The number of oxazole rings is 1. The molecule has 1 aromatic carbocycles. The van der Waals surface area contributed by atoms with E-state index >= 15 is 0 Å². The lowest BCUT2D eigenvalue weighted by atomic mass is 10.2. The molecule has 112 valence electrons. The lowest BCUT2D eigenvalue weighted by Gasteiger charge is -2.07. The molecule has 2 aromatic rings. The maximum atomic E-state index is 11.8. The van der Waals surface area contributed by atoms with Gasteiger partial charge < -0.3 is 14.8 Å². The van der Waals surface area contributed by atoms with Crippen LogP contribution in [0.1, 0.15) is 24.2 Å². The minimum absolute atomic E-state index is 0.0274. The Morgan fingerprint density at radius 2 is 2.10 bits per heavy atom. The molecule has 0 atom stereocenters. The van der Waals surface area contributed by atoms with Crippen molar-refractivity contribution < 1.29 is 19.1 Å². The van der Waals surface area contributed by atoms with E-state index in [0.717, 1.165) is 4.57 Å². The van der Waals surface area contributed by atoms with Crippen molar-refractivity contribution in [3.8, 4) is 0 Å². The number of aromatic carboxylic acids is 1. The fourth-order valence-corrected chi connectivity index (χ4v) is 1.86. The molecule has 0 aliphatic heterocycles. The van der Waals surface area contributed by atoms with Crippen molar-refractivity contribution in [3.63, 3.8) is 0 Å². The number of carbonyl (C=O) groups excluding carboxylic acids is 1. The molecule has 0 saturated heterocycles. The van der Waals surface area contributed by atoms with E-state index in [4.69, 9.17) is 9.52 Å². The van der Waals surface area contributed by atoms with Crippen LogP contribution in [0.4, 0.5) is 0 Å². The zero-order chi connectivity index (χ0) is 15.6. The van der Waals surface area contributed by atoms with E-state index in [-0.39, 0.29) is 23.6 Å². The number of aromatic nitrogens is 1. The van der Waals surface area contributed by atoms with Crippen molar-refractivity contribution in [1.82, 2.24) is 9.88 Å². The summed E-state index contributed by atoms with van der Waals surface area (Å²) in [5.74, 6) is -1.83. The summed E-state index contributed by atoms with van der Waals surface area (Å²) in [7, 11) is 0. The zero-order valence-corrected chi connectivity index (χ0v) is 11.8. The van der Waals surface area contributed by atoms with E-state index in [9.17, 15) is 14.4 Å². The van der Waals surface area contributed by atoms with Crippen molar-refractivity contribution in [2.45, 2.75) is 20.4 Å². The Morgan fingerprint density at radius 1 is 1.38 bits per heavy atom. The Balaban J connectivity index is 2.32. The zero-order valence-electron chi connectivity index (χ0n) is 11.8. The molecule has 2 rings (SSSR count). The maximum Gasteiger partial charge on any atom is 0.420 e.